The quantitative estimate of drug-likeness (QED) is 0.437. The summed E-state index contributed by atoms with van der Waals surface area (Å²) in [5.74, 6) is 1.18. The maximum absolute atomic E-state index is 11.9. The zero-order valence-corrected chi connectivity index (χ0v) is 18.0. The maximum Gasteiger partial charge on any atom is 0.373 e. The Morgan fingerprint density at radius 1 is 1.16 bits per heavy atom. The molecule has 162 valence electrons. The van der Waals surface area contributed by atoms with Gasteiger partial charge in [-0.3, -0.25) is 10.1 Å². The number of hydrogen-bond acceptors (Lipinski definition) is 7. The summed E-state index contributed by atoms with van der Waals surface area (Å²) in [6, 6.07) is 10.4. The second-order valence-corrected chi connectivity index (χ2v) is 8.08. The van der Waals surface area contributed by atoms with Gasteiger partial charge >= 0.3 is 11.6 Å². The Labute approximate surface area is 180 Å². The normalized spacial score (nSPS) is 14.6. The summed E-state index contributed by atoms with van der Waals surface area (Å²) in [7, 11) is 1.72. The third-order valence-electron chi connectivity index (χ3n) is 5.67. The van der Waals surface area contributed by atoms with Crippen LogP contribution in [0.1, 0.15) is 29.7 Å². The van der Waals surface area contributed by atoms with Gasteiger partial charge in [0.1, 0.15) is 6.33 Å². The first-order chi connectivity index (χ1) is 14.9. The van der Waals surface area contributed by atoms with Crippen molar-refractivity contribution in [2.45, 2.75) is 33.1 Å². The molecule has 3 aromatic rings. The van der Waals surface area contributed by atoms with Gasteiger partial charge in [-0.1, -0.05) is 29.8 Å². The van der Waals surface area contributed by atoms with Crippen molar-refractivity contribution in [1.29, 1.82) is 0 Å². The average molecular weight is 422 g/mol. The van der Waals surface area contributed by atoms with Crippen LogP contribution in [-0.2, 0) is 13.5 Å². The van der Waals surface area contributed by atoms with E-state index < -0.39 is 4.92 Å². The molecule has 9 nitrogen and oxygen atoms in total. The third kappa shape index (κ3) is 4.65. The molecule has 0 bridgehead atoms. The van der Waals surface area contributed by atoms with Crippen molar-refractivity contribution >= 4 is 11.5 Å². The molecule has 1 fully saturated rings. The molecule has 2 aromatic heterocycles. The summed E-state index contributed by atoms with van der Waals surface area (Å²) in [5.41, 5.74) is 3.14. The molecule has 9 heteroatoms. The molecule has 1 aliphatic heterocycles. The van der Waals surface area contributed by atoms with Crippen molar-refractivity contribution in [2.24, 2.45) is 13.0 Å². The number of aromatic nitrogens is 4. The number of benzene rings is 1. The van der Waals surface area contributed by atoms with Crippen LogP contribution in [0.15, 0.2) is 36.7 Å². The van der Waals surface area contributed by atoms with Crippen LogP contribution >= 0.6 is 0 Å². The van der Waals surface area contributed by atoms with Crippen LogP contribution in [-0.4, -0.2) is 37.8 Å². The molecule has 0 atom stereocenters. The molecule has 0 amide bonds. The highest BCUT2D eigenvalue weighted by Gasteiger charge is 2.31. The van der Waals surface area contributed by atoms with E-state index in [-0.39, 0.29) is 11.6 Å². The number of nitro groups is 1. The van der Waals surface area contributed by atoms with Gasteiger partial charge in [-0.05, 0) is 44.6 Å². The fourth-order valence-electron chi connectivity index (χ4n) is 4.01. The second-order valence-electron chi connectivity index (χ2n) is 8.08. The van der Waals surface area contributed by atoms with Gasteiger partial charge in [0, 0.05) is 26.2 Å². The SMILES string of the molecule is Cc1ccc(CC2CCN(c3ncnc(Oc4cc(C)nn4C)c3[N+](=O)[O-])CC2)cc1. The van der Waals surface area contributed by atoms with Gasteiger partial charge in [0.15, 0.2) is 0 Å². The summed E-state index contributed by atoms with van der Waals surface area (Å²) in [6.45, 7) is 5.33. The molecular weight excluding hydrogens is 396 g/mol. The molecule has 1 aliphatic rings. The lowest BCUT2D eigenvalue weighted by molar-refractivity contribution is -0.385. The van der Waals surface area contributed by atoms with Gasteiger partial charge in [-0.2, -0.15) is 10.1 Å². The molecule has 3 heterocycles. The van der Waals surface area contributed by atoms with Crippen molar-refractivity contribution in [3.8, 4) is 11.8 Å². The Kier molecular flexibility index (Phi) is 5.83. The van der Waals surface area contributed by atoms with Gasteiger partial charge in [0.25, 0.3) is 0 Å². The van der Waals surface area contributed by atoms with E-state index in [2.05, 4.69) is 46.3 Å². The summed E-state index contributed by atoms with van der Waals surface area (Å²) in [6.07, 6.45) is 4.24. The number of anilines is 1. The lowest BCUT2D eigenvalue weighted by Crippen LogP contribution is -2.35. The van der Waals surface area contributed by atoms with Gasteiger partial charge in [-0.25, -0.2) is 9.67 Å². The Morgan fingerprint density at radius 3 is 2.48 bits per heavy atom. The Hall–Kier alpha value is -3.49. The molecule has 0 unspecified atom stereocenters. The number of hydrogen-bond donors (Lipinski definition) is 0. The van der Waals surface area contributed by atoms with E-state index in [9.17, 15) is 10.1 Å². The lowest BCUT2D eigenvalue weighted by Gasteiger charge is -2.32. The van der Waals surface area contributed by atoms with Crippen molar-refractivity contribution in [2.75, 3.05) is 18.0 Å². The molecule has 0 aliphatic carbocycles. The van der Waals surface area contributed by atoms with Gasteiger partial charge in [0.2, 0.25) is 11.7 Å². The van der Waals surface area contributed by atoms with Crippen molar-refractivity contribution in [3.63, 3.8) is 0 Å². The molecule has 31 heavy (non-hydrogen) atoms. The van der Waals surface area contributed by atoms with Crippen molar-refractivity contribution < 1.29 is 9.66 Å². The van der Waals surface area contributed by atoms with Gasteiger partial charge in [0.05, 0.1) is 10.6 Å². The monoisotopic (exact) mass is 422 g/mol. The molecular formula is C22H26N6O3. The minimum atomic E-state index is -0.466. The standard InChI is InChI=1S/C22H26N6O3/c1-15-4-6-17(7-5-15)13-18-8-10-27(11-9-18)21-20(28(29)30)22(24-14-23-21)31-19-12-16(2)25-26(19)3/h4-7,12,14,18H,8-11,13H2,1-3H3. The number of piperidine rings is 1. The Balaban J connectivity index is 1.50. The zero-order valence-electron chi connectivity index (χ0n) is 18.0. The van der Waals surface area contributed by atoms with Crippen LogP contribution in [0.2, 0.25) is 0 Å². The highest BCUT2D eigenvalue weighted by atomic mass is 16.6. The second kappa shape index (κ2) is 8.71. The van der Waals surface area contributed by atoms with E-state index in [0.29, 0.717) is 30.7 Å². The van der Waals surface area contributed by atoms with E-state index >= 15 is 0 Å². The number of nitrogens with zero attached hydrogens (tertiary/aromatic N) is 6. The van der Waals surface area contributed by atoms with Gasteiger partial charge < -0.3 is 9.64 Å². The molecule has 0 radical (unpaired) electrons. The summed E-state index contributed by atoms with van der Waals surface area (Å²) in [5, 5.41) is 16.1. The Bertz CT molecular complexity index is 1070. The average Bonchev–Trinajstić information content (AvgIpc) is 3.06. The van der Waals surface area contributed by atoms with Crippen LogP contribution in [0.25, 0.3) is 0 Å². The lowest BCUT2D eigenvalue weighted by atomic mass is 9.90. The fraction of sp³-hybridized carbons (Fsp3) is 0.409. The smallest absolute Gasteiger partial charge is 0.373 e. The summed E-state index contributed by atoms with van der Waals surface area (Å²) >= 11 is 0. The van der Waals surface area contributed by atoms with Crippen LogP contribution < -0.4 is 9.64 Å². The van der Waals surface area contributed by atoms with Crippen LogP contribution in [0.5, 0.6) is 11.8 Å². The van der Waals surface area contributed by atoms with E-state index in [4.69, 9.17) is 4.74 Å². The first kappa shape index (κ1) is 20.8. The first-order valence-electron chi connectivity index (χ1n) is 10.4. The van der Waals surface area contributed by atoms with Crippen molar-refractivity contribution in [3.05, 3.63) is 63.6 Å². The van der Waals surface area contributed by atoms with E-state index in [1.807, 2.05) is 11.8 Å². The highest BCUT2D eigenvalue weighted by Crippen LogP contribution is 2.37. The first-order valence-corrected chi connectivity index (χ1v) is 10.4. The molecule has 0 spiro atoms. The Morgan fingerprint density at radius 2 is 1.87 bits per heavy atom. The predicted octanol–water partition coefficient (Wildman–Crippen LogP) is 3.99. The fourth-order valence-corrected chi connectivity index (χ4v) is 4.01. The molecule has 4 rings (SSSR count). The van der Waals surface area contributed by atoms with E-state index in [1.54, 1.807) is 13.1 Å². The van der Waals surface area contributed by atoms with Crippen LogP contribution in [0.4, 0.5) is 11.5 Å². The molecule has 1 aromatic carbocycles. The largest absolute Gasteiger partial charge is 0.415 e. The van der Waals surface area contributed by atoms with E-state index in [1.165, 1.54) is 22.1 Å². The van der Waals surface area contributed by atoms with E-state index in [0.717, 1.165) is 25.0 Å². The van der Waals surface area contributed by atoms with Crippen molar-refractivity contribution in [1.82, 2.24) is 19.7 Å². The molecule has 0 saturated carbocycles. The minimum Gasteiger partial charge on any atom is -0.415 e. The third-order valence-corrected chi connectivity index (χ3v) is 5.67. The summed E-state index contributed by atoms with van der Waals surface area (Å²) < 4.78 is 7.27. The van der Waals surface area contributed by atoms with Crippen LogP contribution in [0, 0.1) is 29.9 Å². The van der Waals surface area contributed by atoms with Crippen LogP contribution in [0.3, 0.4) is 0 Å². The topological polar surface area (TPSA) is 99.2 Å². The molecule has 1 saturated heterocycles. The van der Waals surface area contributed by atoms with Gasteiger partial charge in [-0.15, -0.1) is 0 Å². The predicted molar refractivity (Wildman–Crippen MR) is 117 cm³/mol. The number of aryl methyl sites for hydroxylation is 3. The highest BCUT2D eigenvalue weighted by molar-refractivity contribution is 5.63. The summed E-state index contributed by atoms with van der Waals surface area (Å²) in [4.78, 5) is 21.7. The maximum atomic E-state index is 11.9. The number of rotatable bonds is 6. The zero-order chi connectivity index (χ0) is 22.0. The number of ether oxygens (including phenoxy) is 1. The molecule has 0 N–H and O–H groups in total. The minimum absolute atomic E-state index is 0.0696.